The van der Waals surface area contributed by atoms with Gasteiger partial charge in [-0.05, 0) is 12.5 Å². The Bertz CT molecular complexity index is 617. The number of Topliss-reactive ketones (excluding diaryl/α,β-unsaturated/α-hetero) is 1. The van der Waals surface area contributed by atoms with Crippen LogP contribution < -0.4 is 0 Å². The average molecular weight is 287 g/mol. The van der Waals surface area contributed by atoms with Crippen molar-refractivity contribution < 1.29 is 19.8 Å². The van der Waals surface area contributed by atoms with Crippen molar-refractivity contribution in [1.29, 1.82) is 0 Å². The van der Waals surface area contributed by atoms with E-state index in [1.165, 1.54) is 0 Å². The number of allylic oxidation sites excluding steroid dienone is 2. The van der Waals surface area contributed by atoms with Gasteiger partial charge in [0.2, 0.25) is 0 Å². The summed E-state index contributed by atoms with van der Waals surface area (Å²) in [4.78, 5) is 23.9. The predicted molar refractivity (Wildman–Crippen MR) is 66.8 cm³/mol. The SMILES string of the molecule is CCC1=CC(=O)c2c(O)c(Cl)c(Cl)c(O)c2C1=O. The van der Waals surface area contributed by atoms with E-state index in [1.54, 1.807) is 6.92 Å². The maximum atomic E-state index is 12.0. The van der Waals surface area contributed by atoms with Gasteiger partial charge in [0.05, 0.1) is 11.1 Å². The van der Waals surface area contributed by atoms with Gasteiger partial charge in [0.15, 0.2) is 11.6 Å². The van der Waals surface area contributed by atoms with Crippen LogP contribution in [0.5, 0.6) is 11.5 Å². The third-order valence-corrected chi connectivity index (χ3v) is 3.62. The summed E-state index contributed by atoms with van der Waals surface area (Å²) in [6.07, 6.45) is 1.47. The molecule has 0 heterocycles. The fraction of sp³-hybridized carbons (Fsp3) is 0.167. The molecule has 0 fully saturated rings. The van der Waals surface area contributed by atoms with Crippen molar-refractivity contribution in [3.05, 3.63) is 32.8 Å². The number of rotatable bonds is 1. The van der Waals surface area contributed by atoms with Crippen molar-refractivity contribution >= 4 is 34.8 Å². The van der Waals surface area contributed by atoms with E-state index in [4.69, 9.17) is 23.2 Å². The summed E-state index contributed by atoms with van der Waals surface area (Å²) >= 11 is 11.4. The molecule has 1 aromatic carbocycles. The predicted octanol–water partition coefficient (Wildman–Crippen LogP) is 3.12. The molecule has 0 spiro atoms. The minimum atomic E-state index is -0.584. The number of hydrogen-bond donors (Lipinski definition) is 2. The Morgan fingerprint density at radius 2 is 1.56 bits per heavy atom. The fourth-order valence-electron chi connectivity index (χ4n) is 1.84. The molecule has 0 aromatic heterocycles. The van der Waals surface area contributed by atoms with Crippen LogP contribution in [0.1, 0.15) is 34.1 Å². The number of aromatic hydroxyl groups is 2. The van der Waals surface area contributed by atoms with Gasteiger partial charge in [-0.3, -0.25) is 9.59 Å². The summed E-state index contributed by atoms with van der Waals surface area (Å²) in [5.41, 5.74) is -0.337. The highest BCUT2D eigenvalue weighted by molar-refractivity contribution is 6.45. The van der Waals surface area contributed by atoms with E-state index < -0.39 is 23.1 Å². The maximum absolute atomic E-state index is 12.0. The molecule has 0 radical (unpaired) electrons. The van der Waals surface area contributed by atoms with Gasteiger partial charge in [0.25, 0.3) is 0 Å². The summed E-state index contributed by atoms with van der Waals surface area (Å²) in [5, 5.41) is 18.9. The monoisotopic (exact) mass is 286 g/mol. The number of fused-ring (bicyclic) bond motifs is 1. The Hall–Kier alpha value is -1.52. The molecule has 18 heavy (non-hydrogen) atoms. The molecule has 4 nitrogen and oxygen atoms in total. The van der Waals surface area contributed by atoms with E-state index in [9.17, 15) is 19.8 Å². The number of phenolic OH excluding ortho intramolecular Hbond substituents is 2. The standard InChI is InChI=1S/C12H8Cl2O4/c1-2-4-3-5(15)6-7(10(4)16)12(18)9(14)8(13)11(6)17/h3,17-18H,2H2,1H3. The van der Waals surface area contributed by atoms with Gasteiger partial charge in [-0.25, -0.2) is 0 Å². The van der Waals surface area contributed by atoms with Gasteiger partial charge in [0.1, 0.15) is 21.5 Å². The minimum Gasteiger partial charge on any atom is -0.506 e. The molecule has 1 aliphatic carbocycles. The quantitative estimate of drug-likeness (QED) is 0.778. The number of halogens is 2. The van der Waals surface area contributed by atoms with Crippen LogP contribution in [0.25, 0.3) is 0 Å². The summed E-state index contributed by atoms with van der Waals surface area (Å²) in [6, 6.07) is 0. The van der Waals surface area contributed by atoms with E-state index >= 15 is 0 Å². The zero-order valence-electron chi connectivity index (χ0n) is 9.25. The van der Waals surface area contributed by atoms with E-state index in [1.807, 2.05) is 0 Å². The Labute approximate surface area is 112 Å². The summed E-state index contributed by atoms with van der Waals surface area (Å²) < 4.78 is 0. The third-order valence-electron chi connectivity index (χ3n) is 2.78. The first kappa shape index (κ1) is 12.9. The Balaban J connectivity index is 2.86. The van der Waals surface area contributed by atoms with Crippen molar-refractivity contribution in [3.63, 3.8) is 0 Å². The largest absolute Gasteiger partial charge is 0.506 e. The lowest BCUT2D eigenvalue weighted by Crippen LogP contribution is -2.17. The van der Waals surface area contributed by atoms with Crippen molar-refractivity contribution in [2.24, 2.45) is 0 Å². The molecular formula is C12H8Cl2O4. The molecule has 0 bridgehead atoms. The molecule has 1 aromatic rings. The van der Waals surface area contributed by atoms with Crippen molar-refractivity contribution in [3.8, 4) is 11.5 Å². The lowest BCUT2D eigenvalue weighted by atomic mass is 9.87. The topological polar surface area (TPSA) is 74.6 Å². The smallest absolute Gasteiger partial charge is 0.193 e. The lowest BCUT2D eigenvalue weighted by Gasteiger charge is -2.18. The fourth-order valence-corrected chi connectivity index (χ4v) is 2.21. The number of ketones is 2. The second-order valence-electron chi connectivity index (χ2n) is 3.79. The first-order chi connectivity index (χ1) is 8.40. The maximum Gasteiger partial charge on any atom is 0.193 e. The molecule has 0 atom stereocenters. The first-order valence-electron chi connectivity index (χ1n) is 5.12. The normalized spacial score (nSPS) is 14.5. The molecule has 0 saturated carbocycles. The van der Waals surface area contributed by atoms with Crippen LogP contribution in [0, 0.1) is 0 Å². The van der Waals surface area contributed by atoms with Gasteiger partial charge < -0.3 is 10.2 Å². The highest BCUT2D eigenvalue weighted by atomic mass is 35.5. The van der Waals surface area contributed by atoms with Gasteiger partial charge in [0, 0.05) is 5.57 Å². The highest BCUT2D eigenvalue weighted by Gasteiger charge is 2.33. The second kappa shape index (κ2) is 4.30. The lowest BCUT2D eigenvalue weighted by molar-refractivity contribution is 0.0977. The van der Waals surface area contributed by atoms with Gasteiger partial charge in [-0.2, -0.15) is 0 Å². The van der Waals surface area contributed by atoms with Crippen LogP contribution in [0.3, 0.4) is 0 Å². The number of phenols is 2. The number of carbonyl (C=O) groups is 2. The Morgan fingerprint density at radius 1 is 1.06 bits per heavy atom. The van der Waals surface area contributed by atoms with Crippen LogP contribution in [-0.4, -0.2) is 21.8 Å². The molecule has 2 N–H and O–H groups in total. The molecule has 0 unspecified atom stereocenters. The van der Waals surface area contributed by atoms with Crippen molar-refractivity contribution in [2.45, 2.75) is 13.3 Å². The average Bonchev–Trinajstić information content (AvgIpc) is 2.35. The van der Waals surface area contributed by atoms with Crippen LogP contribution in [0.15, 0.2) is 11.6 Å². The number of hydrogen-bond acceptors (Lipinski definition) is 4. The second-order valence-corrected chi connectivity index (χ2v) is 4.55. The summed E-state index contributed by atoms with van der Waals surface area (Å²) in [7, 11) is 0. The van der Waals surface area contributed by atoms with Crippen LogP contribution >= 0.6 is 23.2 Å². The molecule has 1 aliphatic rings. The highest BCUT2D eigenvalue weighted by Crippen LogP contribution is 2.46. The van der Waals surface area contributed by atoms with Gasteiger partial charge in [-0.15, -0.1) is 0 Å². The van der Waals surface area contributed by atoms with E-state index in [2.05, 4.69) is 0 Å². The van der Waals surface area contributed by atoms with Crippen LogP contribution in [0.2, 0.25) is 10.0 Å². The molecule has 6 heteroatoms. The van der Waals surface area contributed by atoms with E-state index in [0.29, 0.717) is 6.42 Å². The summed E-state index contributed by atoms with van der Waals surface area (Å²) in [6.45, 7) is 1.70. The molecule has 0 aliphatic heterocycles. The molecule has 0 saturated heterocycles. The zero-order valence-corrected chi connectivity index (χ0v) is 10.8. The molecular weight excluding hydrogens is 279 g/mol. The van der Waals surface area contributed by atoms with E-state index in [-0.39, 0.29) is 26.7 Å². The molecule has 94 valence electrons. The van der Waals surface area contributed by atoms with Crippen molar-refractivity contribution in [2.75, 3.05) is 0 Å². The Kier molecular flexibility index (Phi) is 3.09. The summed E-state index contributed by atoms with van der Waals surface area (Å²) in [5.74, 6) is -2.27. The molecule has 2 rings (SSSR count). The van der Waals surface area contributed by atoms with Gasteiger partial charge >= 0.3 is 0 Å². The van der Waals surface area contributed by atoms with Crippen LogP contribution in [-0.2, 0) is 0 Å². The van der Waals surface area contributed by atoms with Gasteiger partial charge in [-0.1, -0.05) is 30.1 Å². The minimum absolute atomic E-state index is 0.251. The molecule has 0 amide bonds. The third kappa shape index (κ3) is 1.61. The number of carbonyl (C=O) groups excluding carboxylic acids is 2. The van der Waals surface area contributed by atoms with Crippen LogP contribution in [0.4, 0.5) is 0 Å². The Morgan fingerprint density at radius 3 is 2.06 bits per heavy atom. The van der Waals surface area contributed by atoms with E-state index in [0.717, 1.165) is 6.08 Å². The number of benzene rings is 1. The first-order valence-corrected chi connectivity index (χ1v) is 5.88. The zero-order chi connectivity index (χ0) is 13.6. The van der Waals surface area contributed by atoms with Crippen molar-refractivity contribution in [1.82, 2.24) is 0 Å².